The molecule has 1 aliphatic heterocycles. The van der Waals surface area contributed by atoms with Crippen LogP contribution in [0, 0.1) is 5.41 Å². The van der Waals surface area contributed by atoms with Gasteiger partial charge in [-0.3, -0.25) is 0 Å². The zero-order valence-corrected chi connectivity index (χ0v) is 18.6. The van der Waals surface area contributed by atoms with E-state index in [1.165, 1.54) is 32.3 Å². The highest BCUT2D eigenvalue weighted by molar-refractivity contribution is 6.69. The van der Waals surface area contributed by atoms with Crippen molar-refractivity contribution in [2.24, 2.45) is 5.41 Å². The van der Waals surface area contributed by atoms with E-state index in [1.54, 1.807) is 0 Å². The first kappa shape index (κ1) is 19.1. The lowest BCUT2D eigenvalue weighted by atomic mass is 9.72. The highest BCUT2D eigenvalue weighted by Gasteiger charge is 2.38. The highest BCUT2D eigenvalue weighted by Crippen LogP contribution is 2.34. The molecule has 0 bridgehead atoms. The van der Waals surface area contributed by atoms with Crippen molar-refractivity contribution in [2.45, 2.75) is 26.6 Å². The average Bonchev–Trinajstić information content (AvgIpc) is 2.71. The Bertz CT molecular complexity index is 1160. The molecule has 0 aromatic heterocycles. The maximum absolute atomic E-state index is 6.25. The first-order valence-corrected chi connectivity index (χ1v) is 13.8. The molecule has 4 aromatic rings. The number of hydrogen-bond donors (Lipinski definition) is 0. The Labute approximate surface area is 173 Å². The van der Waals surface area contributed by atoms with Crippen LogP contribution < -0.4 is 5.46 Å². The third kappa shape index (κ3) is 3.46. The zero-order chi connectivity index (χ0) is 20.2. The Balaban J connectivity index is 1.49. The van der Waals surface area contributed by atoms with Crippen molar-refractivity contribution in [3.05, 3.63) is 54.6 Å². The second-order valence-corrected chi connectivity index (χ2v) is 14.2. The van der Waals surface area contributed by atoms with Crippen molar-refractivity contribution < 1.29 is 13.7 Å². The van der Waals surface area contributed by atoms with Crippen molar-refractivity contribution >= 4 is 53.2 Å². The third-order valence-electron chi connectivity index (χ3n) is 5.84. The van der Waals surface area contributed by atoms with E-state index in [0.717, 1.165) is 5.46 Å². The summed E-state index contributed by atoms with van der Waals surface area (Å²) in [6.07, 6.45) is 0. The average molecular weight is 402 g/mol. The van der Waals surface area contributed by atoms with E-state index in [0.29, 0.717) is 19.8 Å². The van der Waals surface area contributed by atoms with Gasteiger partial charge in [-0.2, -0.15) is 0 Å². The van der Waals surface area contributed by atoms with Gasteiger partial charge in [0.15, 0.2) is 8.32 Å². The molecule has 29 heavy (non-hydrogen) atoms. The topological polar surface area (TPSA) is 27.7 Å². The van der Waals surface area contributed by atoms with Crippen LogP contribution in [0.2, 0.25) is 19.6 Å². The Morgan fingerprint density at radius 1 is 0.862 bits per heavy atom. The lowest BCUT2D eigenvalue weighted by Crippen LogP contribution is -2.51. The van der Waals surface area contributed by atoms with Gasteiger partial charge in [0.1, 0.15) is 0 Å². The molecule has 1 heterocycles. The maximum Gasteiger partial charge on any atom is 0.494 e. The molecule has 0 radical (unpaired) electrons. The fraction of sp³-hybridized carbons (Fsp3) is 0.333. The Hall–Kier alpha value is -1.92. The molecule has 5 rings (SSSR count). The van der Waals surface area contributed by atoms with E-state index in [2.05, 4.69) is 81.2 Å². The second-order valence-electron chi connectivity index (χ2n) is 9.68. The summed E-state index contributed by atoms with van der Waals surface area (Å²) in [6, 6.07) is 19.7. The normalized spacial score (nSPS) is 17.6. The fourth-order valence-electron chi connectivity index (χ4n) is 4.26. The molecule has 3 nitrogen and oxygen atoms in total. The number of hydrogen-bond acceptors (Lipinski definition) is 3. The molecule has 0 spiro atoms. The molecule has 0 unspecified atom stereocenters. The largest absolute Gasteiger partial charge is 0.494 e. The van der Waals surface area contributed by atoms with Crippen molar-refractivity contribution in [3.8, 4) is 0 Å². The lowest BCUT2D eigenvalue weighted by Gasteiger charge is -2.38. The summed E-state index contributed by atoms with van der Waals surface area (Å²) >= 11 is 0. The highest BCUT2D eigenvalue weighted by atomic mass is 28.4. The molecule has 5 heteroatoms. The number of rotatable bonds is 4. The smallest absolute Gasteiger partial charge is 0.417 e. The Morgan fingerprint density at radius 3 is 2.10 bits per heavy atom. The summed E-state index contributed by atoms with van der Waals surface area (Å²) in [5.74, 6) is 0. The van der Waals surface area contributed by atoms with Gasteiger partial charge in [0.2, 0.25) is 0 Å². The molecule has 0 saturated carbocycles. The second kappa shape index (κ2) is 6.81. The van der Waals surface area contributed by atoms with Gasteiger partial charge in [0, 0.05) is 25.2 Å². The molecule has 1 fully saturated rings. The van der Waals surface area contributed by atoms with E-state index in [4.69, 9.17) is 13.7 Å². The van der Waals surface area contributed by atoms with E-state index in [-0.39, 0.29) is 12.5 Å². The predicted molar refractivity (Wildman–Crippen MR) is 125 cm³/mol. The number of benzene rings is 4. The van der Waals surface area contributed by atoms with Crippen LogP contribution in [-0.4, -0.2) is 35.3 Å². The van der Waals surface area contributed by atoms with Crippen LogP contribution >= 0.6 is 0 Å². The van der Waals surface area contributed by atoms with Gasteiger partial charge in [-0.15, -0.1) is 0 Å². The molecular weight excluding hydrogens is 375 g/mol. The van der Waals surface area contributed by atoms with Crippen LogP contribution in [0.5, 0.6) is 0 Å². The Morgan fingerprint density at radius 2 is 1.45 bits per heavy atom. The van der Waals surface area contributed by atoms with E-state index in [1.807, 2.05) is 0 Å². The maximum atomic E-state index is 6.25. The quantitative estimate of drug-likeness (QED) is 0.348. The standard InChI is InChI=1S/C24H27BO3Si/c1-24(16-28-29(2,3)4)14-26-25(27-15-24)21-13-11-19-9-8-17-6-5-7-18-10-12-20(21)23(19)22(17)18/h5-13H,14-16H2,1-4H3. The predicted octanol–water partition coefficient (Wildman–Crippen LogP) is 5.18. The summed E-state index contributed by atoms with van der Waals surface area (Å²) in [5.41, 5.74) is 1.02. The SMILES string of the molecule is CC1(CO[Si](C)(C)C)COB(c2ccc3ccc4cccc5ccc2c3c45)OC1. The van der Waals surface area contributed by atoms with Gasteiger partial charge < -0.3 is 13.7 Å². The Kier molecular flexibility index (Phi) is 4.48. The van der Waals surface area contributed by atoms with Gasteiger partial charge in [-0.05, 0) is 57.4 Å². The molecule has 1 aliphatic rings. The molecule has 0 N–H and O–H groups in total. The lowest BCUT2D eigenvalue weighted by molar-refractivity contribution is -0.00954. The molecule has 4 aromatic carbocycles. The summed E-state index contributed by atoms with van der Waals surface area (Å²) in [5, 5.41) is 7.67. The fourth-order valence-corrected chi connectivity index (χ4v) is 5.04. The van der Waals surface area contributed by atoms with Crippen molar-refractivity contribution in [1.82, 2.24) is 0 Å². The molecule has 0 amide bonds. The summed E-state index contributed by atoms with van der Waals surface area (Å²) in [6.45, 7) is 10.8. The van der Waals surface area contributed by atoms with Crippen LogP contribution in [-0.2, 0) is 13.7 Å². The van der Waals surface area contributed by atoms with Crippen molar-refractivity contribution in [2.75, 3.05) is 19.8 Å². The summed E-state index contributed by atoms with van der Waals surface area (Å²) in [4.78, 5) is 0. The molecule has 148 valence electrons. The summed E-state index contributed by atoms with van der Waals surface area (Å²) < 4.78 is 18.6. The monoisotopic (exact) mass is 402 g/mol. The minimum absolute atomic E-state index is 0.0967. The van der Waals surface area contributed by atoms with Crippen LogP contribution in [0.25, 0.3) is 32.3 Å². The van der Waals surface area contributed by atoms with Crippen LogP contribution in [0.1, 0.15) is 6.92 Å². The molecule has 0 aliphatic carbocycles. The van der Waals surface area contributed by atoms with Gasteiger partial charge >= 0.3 is 7.12 Å². The minimum Gasteiger partial charge on any atom is -0.417 e. The first-order valence-electron chi connectivity index (χ1n) is 10.4. The van der Waals surface area contributed by atoms with Gasteiger partial charge in [0.05, 0.1) is 0 Å². The summed E-state index contributed by atoms with van der Waals surface area (Å²) in [7, 11) is -1.89. The molecular formula is C24H27BO3Si. The van der Waals surface area contributed by atoms with E-state index in [9.17, 15) is 0 Å². The van der Waals surface area contributed by atoms with Crippen LogP contribution in [0.4, 0.5) is 0 Å². The minimum atomic E-state index is -1.55. The zero-order valence-electron chi connectivity index (χ0n) is 17.6. The first-order chi connectivity index (χ1) is 13.8. The van der Waals surface area contributed by atoms with Gasteiger partial charge in [-0.25, -0.2) is 0 Å². The van der Waals surface area contributed by atoms with Gasteiger partial charge in [0.25, 0.3) is 0 Å². The molecule has 0 atom stereocenters. The third-order valence-corrected chi connectivity index (χ3v) is 6.85. The van der Waals surface area contributed by atoms with Crippen molar-refractivity contribution in [3.63, 3.8) is 0 Å². The van der Waals surface area contributed by atoms with Gasteiger partial charge in [-0.1, -0.05) is 61.5 Å². The van der Waals surface area contributed by atoms with Crippen molar-refractivity contribution in [1.29, 1.82) is 0 Å². The van der Waals surface area contributed by atoms with Crippen LogP contribution in [0.3, 0.4) is 0 Å². The van der Waals surface area contributed by atoms with E-state index >= 15 is 0 Å². The van der Waals surface area contributed by atoms with E-state index < -0.39 is 8.32 Å². The molecule has 1 saturated heterocycles. The van der Waals surface area contributed by atoms with Crippen LogP contribution in [0.15, 0.2) is 54.6 Å².